The predicted molar refractivity (Wildman–Crippen MR) is 103 cm³/mol. The van der Waals surface area contributed by atoms with Crippen LogP contribution in [0.3, 0.4) is 0 Å². The van der Waals surface area contributed by atoms with Gasteiger partial charge in [-0.25, -0.2) is 17.7 Å². The summed E-state index contributed by atoms with van der Waals surface area (Å²) in [6, 6.07) is 15.1. The quantitative estimate of drug-likeness (QED) is 0.552. The average molecular weight is 382 g/mol. The molecule has 8 heteroatoms. The first kappa shape index (κ1) is 18.6. The SMILES string of the molecule is CN(C)S(=O)(=O)c1ccc(/C(O)=C(\C#N)c2nc3ccccc3n2C)cc1. The minimum atomic E-state index is -3.57. The van der Waals surface area contributed by atoms with E-state index in [9.17, 15) is 18.8 Å². The van der Waals surface area contributed by atoms with E-state index >= 15 is 0 Å². The van der Waals surface area contributed by atoms with Gasteiger partial charge in [0.05, 0.1) is 15.9 Å². The molecule has 0 atom stereocenters. The summed E-state index contributed by atoms with van der Waals surface area (Å²) in [4.78, 5) is 4.53. The molecule has 1 heterocycles. The van der Waals surface area contributed by atoms with Crippen LogP contribution in [-0.4, -0.2) is 41.5 Å². The van der Waals surface area contributed by atoms with Crippen LogP contribution < -0.4 is 0 Å². The summed E-state index contributed by atoms with van der Waals surface area (Å²) in [6.07, 6.45) is 0. The molecule has 0 saturated carbocycles. The summed E-state index contributed by atoms with van der Waals surface area (Å²) in [5.41, 5.74) is 1.89. The van der Waals surface area contributed by atoms with E-state index in [1.807, 2.05) is 30.3 Å². The summed E-state index contributed by atoms with van der Waals surface area (Å²) < 4.78 is 27.1. The lowest BCUT2D eigenvalue weighted by molar-refractivity contribution is 0.512. The van der Waals surface area contributed by atoms with E-state index in [0.29, 0.717) is 16.9 Å². The third-order valence-corrected chi connectivity index (χ3v) is 6.10. The molecule has 0 unspecified atom stereocenters. The van der Waals surface area contributed by atoms with Crippen molar-refractivity contribution in [2.45, 2.75) is 4.90 Å². The van der Waals surface area contributed by atoms with Crippen molar-refractivity contribution in [2.75, 3.05) is 14.1 Å². The molecule has 138 valence electrons. The Bertz CT molecular complexity index is 1180. The molecular weight excluding hydrogens is 364 g/mol. The Hall–Kier alpha value is -3.15. The lowest BCUT2D eigenvalue weighted by Crippen LogP contribution is -2.22. The van der Waals surface area contributed by atoms with Crippen molar-refractivity contribution in [1.82, 2.24) is 13.9 Å². The van der Waals surface area contributed by atoms with Gasteiger partial charge in [-0.05, 0) is 36.4 Å². The highest BCUT2D eigenvalue weighted by atomic mass is 32.2. The van der Waals surface area contributed by atoms with E-state index < -0.39 is 10.0 Å². The number of sulfonamides is 1. The number of aryl methyl sites for hydroxylation is 1. The van der Waals surface area contributed by atoms with Gasteiger partial charge < -0.3 is 9.67 Å². The second kappa shape index (κ2) is 6.87. The molecule has 0 aliphatic carbocycles. The number of aliphatic hydroxyl groups is 1. The van der Waals surface area contributed by atoms with Crippen LogP contribution in [0.2, 0.25) is 0 Å². The average Bonchev–Trinajstić information content (AvgIpc) is 2.99. The Morgan fingerprint density at radius 1 is 1.15 bits per heavy atom. The minimum absolute atomic E-state index is 0.0110. The number of hydrogen-bond donors (Lipinski definition) is 1. The predicted octanol–water partition coefficient (Wildman–Crippen LogP) is 2.77. The number of allylic oxidation sites excluding steroid dienone is 1. The van der Waals surface area contributed by atoms with Gasteiger partial charge in [0.15, 0.2) is 5.82 Å². The highest BCUT2D eigenvalue weighted by Gasteiger charge is 2.20. The molecule has 3 rings (SSSR count). The molecule has 0 aliphatic rings. The Balaban J connectivity index is 2.10. The van der Waals surface area contributed by atoms with Crippen LogP contribution in [-0.2, 0) is 17.1 Å². The maximum absolute atomic E-state index is 12.2. The largest absolute Gasteiger partial charge is 0.506 e. The summed E-state index contributed by atoms with van der Waals surface area (Å²) in [5.74, 6) is 0.0749. The third kappa shape index (κ3) is 3.18. The molecule has 2 aromatic carbocycles. The normalized spacial score (nSPS) is 12.9. The maximum Gasteiger partial charge on any atom is 0.242 e. The number of aromatic nitrogens is 2. The van der Waals surface area contributed by atoms with Crippen molar-refractivity contribution in [3.63, 3.8) is 0 Å². The lowest BCUT2D eigenvalue weighted by atomic mass is 10.1. The molecule has 0 amide bonds. The first-order valence-electron chi connectivity index (χ1n) is 8.05. The molecule has 0 fully saturated rings. The number of aliphatic hydroxyl groups excluding tert-OH is 1. The molecule has 0 bridgehead atoms. The fourth-order valence-electron chi connectivity index (χ4n) is 2.72. The second-order valence-corrected chi connectivity index (χ2v) is 8.28. The number of benzene rings is 2. The first-order valence-corrected chi connectivity index (χ1v) is 9.49. The van der Waals surface area contributed by atoms with Crippen molar-refractivity contribution >= 4 is 32.4 Å². The zero-order valence-corrected chi connectivity index (χ0v) is 15.9. The van der Waals surface area contributed by atoms with Gasteiger partial charge in [0, 0.05) is 26.7 Å². The molecule has 0 saturated heterocycles. The summed E-state index contributed by atoms with van der Waals surface area (Å²) in [5, 5.41) is 20.2. The van der Waals surface area contributed by atoms with Crippen LogP contribution >= 0.6 is 0 Å². The van der Waals surface area contributed by atoms with Gasteiger partial charge in [0.1, 0.15) is 17.4 Å². The van der Waals surface area contributed by atoms with Gasteiger partial charge in [0.2, 0.25) is 10.0 Å². The summed E-state index contributed by atoms with van der Waals surface area (Å²) in [6.45, 7) is 0. The van der Waals surface area contributed by atoms with Gasteiger partial charge >= 0.3 is 0 Å². The van der Waals surface area contributed by atoms with E-state index in [1.54, 1.807) is 11.6 Å². The highest BCUT2D eigenvalue weighted by molar-refractivity contribution is 7.89. The number of fused-ring (bicyclic) bond motifs is 1. The van der Waals surface area contributed by atoms with Crippen LogP contribution in [0.25, 0.3) is 22.4 Å². The van der Waals surface area contributed by atoms with Gasteiger partial charge in [-0.15, -0.1) is 0 Å². The number of imidazole rings is 1. The van der Waals surface area contributed by atoms with Crippen LogP contribution in [0, 0.1) is 11.3 Å². The van der Waals surface area contributed by atoms with Crippen LogP contribution in [0.5, 0.6) is 0 Å². The van der Waals surface area contributed by atoms with Crippen molar-refractivity contribution in [1.29, 1.82) is 5.26 Å². The maximum atomic E-state index is 12.2. The molecule has 27 heavy (non-hydrogen) atoms. The van der Waals surface area contributed by atoms with Crippen molar-refractivity contribution in [2.24, 2.45) is 7.05 Å². The number of para-hydroxylation sites is 2. The summed E-state index contributed by atoms with van der Waals surface area (Å²) >= 11 is 0. The Morgan fingerprint density at radius 3 is 2.33 bits per heavy atom. The Labute approximate surface area is 157 Å². The Morgan fingerprint density at radius 2 is 1.78 bits per heavy atom. The fraction of sp³-hybridized carbons (Fsp3) is 0.158. The van der Waals surface area contributed by atoms with E-state index in [-0.39, 0.29) is 16.2 Å². The van der Waals surface area contributed by atoms with Gasteiger partial charge in [-0.3, -0.25) is 0 Å². The zero-order valence-electron chi connectivity index (χ0n) is 15.1. The van der Waals surface area contributed by atoms with E-state index in [0.717, 1.165) is 9.82 Å². The van der Waals surface area contributed by atoms with E-state index in [4.69, 9.17) is 0 Å². The van der Waals surface area contributed by atoms with Crippen LogP contribution in [0.15, 0.2) is 53.4 Å². The zero-order chi connectivity index (χ0) is 19.8. The molecule has 7 nitrogen and oxygen atoms in total. The second-order valence-electron chi connectivity index (χ2n) is 6.13. The monoisotopic (exact) mass is 382 g/mol. The van der Waals surface area contributed by atoms with Gasteiger partial charge in [-0.2, -0.15) is 5.26 Å². The molecular formula is C19H18N4O3S. The first-order chi connectivity index (χ1) is 12.8. The fourth-order valence-corrected chi connectivity index (χ4v) is 3.62. The number of rotatable bonds is 4. The minimum Gasteiger partial charge on any atom is -0.506 e. The number of hydrogen-bond acceptors (Lipinski definition) is 5. The molecule has 0 spiro atoms. The van der Waals surface area contributed by atoms with Crippen LogP contribution in [0.4, 0.5) is 0 Å². The third-order valence-electron chi connectivity index (χ3n) is 4.27. The van der Waals surface area contributed by atoms with Crippen LogP contribution in [0.1, 0.15) is 11.4 Å². The van der Waals surface area contributed by atoms with E-state index in [1.165, 1.54) is 38.4 Å². The lowest BCUT2D eigenvalue weighted by Gasteiger charge is -2.12. The standard InChI is InChI=1S/C19H18N4O3S/c1-22(2)27(25,26)14-10-8-13(9-11-14)18(24)15(12-20)19-21-16-6-4-5-7-17(16)23(19)3/h4-11,24H,1-3H3/b18-15-. The summed E-state index contributed by atoms with van der Waals surface area (Å²) in [7, 11) is 1.09. The molecule has 3 aromatic rings. The molecule has 0 aliphatic heterocycles. The van der Waals surface area contributed by atoms with Crippen molar-refractivity contribution in [3.8, 4) is 6.07 Å². The Kier molecular flexibility index (Phi) is 4.74. The van der Waals surface area contributed by atoms with Crippen molar-refractivity contribution in [3.05, 3.63) is 59.9 Å². The number of nitriles is 1. The topological polar surface area (TPSA) is 99.2 Å². The smallest absolute Gasteiger partial charge is 0.242 e. The molecule has 0 radical (unpaired) electrons. The van der Waals surface area contributed by atoms with Crippen molar-refractivity contribution < 1.29 is 13.5 Å². The van der Waals surface area contributed by atoms with Gasteiger partial charge in [-0.1, -0.05) is 12.1 Å². The molecule has 1 aromatic heterocycles. The molecule has 1 N–H and O–H groups in total. The van der Waals surface area contributed by atoms with E-state index in [2.05, 4.69) is 4.98 Å². The number of nitrogens with zero attached hydrogens (tertiary/aromatic N) is 4. The van der Waals surface area contributed by atoms with Gasteiger partial charge in [0.25, 0.3) is 0 Å². The highest BCUT2D eigenvalue weighted by Crippen LogP contribution is 2.27.